The molecule has 120 valence electrons. The molecule has 2 saturated heterocycles. The van der Waals surface area contributed by atoms with Crippen LogP contribution in [0.5, 0.6) is 0 Å². The molecule has 2 N–H and O–H groups in total. The van der Waals surface area contributed by atoms with E-state index in [-0.39, 0.29) is 17.9 Å². The van der Waals surface area contributed by atoms with Crippen LogP contribution in [0.4, 0.5) is 4.79 Å². The van der Waals surface area contributed by atoms with Crippen molar-refractivity contribution < 1.29 is 9.59 Å². The first-order valence-corrected chi connectivity index (χ1v) is 8.69. The maximum atomic E-state index is 12.0. The Balaban J connectivity index is 1.78. The predicted molar refractivity (Wildman–Crippen MR) is 86.5 cm³/mol. The lowest BCUT2D eigenvalue weighted by molar-refractivity contribution is -0.125. The van der Waals surface area contributed by atoms with Crippen molar-refractivity contribution in [3.63, 3.8) is 0 Å². The number of piperidine rings is 1. The molecule has 2 aliphatic heterocycles. The smallest absolute Gasteiger partial charge is 0.322 e. The van der Waals surface area contributed by atoms with E-state index in [1.165, 1.54) is 0 Å². The Bertz CT molecular complexity index is 414. The molecule has 0 aromatic carbocycles. The molecule has 0 bridgehead atoms. The summed E-state index contributed by atoms with van der Waals surface area (Å²) in [6, 6.07) is -0.355. The lowest BCUT2D eigenvalue weighted by atomic mass is 9.79. The van der Waals surface area contributed by atoms with Gasteiger partial charge in [0.05, 0.1) is 0 Å². The van der Waals surface area contributed by atoms with Crippen molar-refractivity contribution in [2.75, 3.05) is 25.4 Å². The number of rotatable bonds is 4. The Kier molecular flexibility index (Phi) is 4.88. The average Bonchev–Trinajstić information content (AvgIpc) is 2.63. The first-order chi connectivity index (χ1) is 9.71. The van der Waals surface area contributed by atoms with Crippen LogP contribution in [0.3, 0.4) is 0 Å². The van der Waals surface area contributed by atoms with Gasteiger partial charge in [-0.1, -0.05) is 20.8 Å². The van der Waals surface area contributed by atoms with Gasteiger partial charge in [-0.3, -0.25) is 10.1 Å². The predicted octanol–water partition coefficient (Wildman–Crippen LogP) is 1.83. The second kappa shape index (κ2) is 6.16. The standard InChI is InChI=1S/C15H27N3O2S/c1-14(2,3)21-10-9-18-7-5-11(6-8-18)15(4)12(19)16-13(20)17-15/h11H,5-10H2,1-4H3,(H2,16,17,19,20)/t15-/m0/s1. The van der Waals surface area contributed by atoms with Gasteiger partial charge in [0.25, 0.3) is 5.91 Å². The molecule has 21 heavy (non-hydrogen) atoms. The van der Waals surface area contributed by atoms with Crippen LogP contribution in [0.2, 0.25) is 0 Å². The Morgan fingerprint density at radius 2 is 1.90 bits per heavy atom. The third-order valence-corrected chi connectivity index (χ3v) is 5.67. The third-order valence-electron chi connectivity index (χ3n) is 4.42. The van der Waals surface area contributed by atoms with Crippen molar-refractivity contribution >= 4 is 23.7 Å². The molecule has 6 heteroatoms. The Labute approximate surface area is 131 Å². The summed E-state index contributed by atoms with van der Waals surface area (Å²) in [5.41, 5.74) is -0.719. The molecule has 0 aromatic rings. The first-order valence-electron chi connectivity index (χ1n) is 7.70. The number of nitrogens with one attached hydrogen (secondary N) is 2. The monoisotopic (exact) mass is 313 g/mol. The number of imide groups is 1. The van der Waals surface area contributed by atoms with Crippen LogP contribution < -0.4 is 10.6 Å². The van der Waals surface area contributed by atoms with E-state index in [9.17, 15) is 9.59 Å². The fourth-order valence-electron chi connectivity index (χ4n) is 3.06. The lowest BCUT2D eigenvalue weighted by Crippen LogP contribution is -2.53. The zero-order chi connectivity index (χ0) is 15.7. The van der Waals surface area contributed by atoms with Crippen LogP contribution >= 0.6 is 11.8 Å². The summed E-state index contributed by atoms with van der Waals surface area (Å²) < 4.78 is 0.317. The van der Waals surface area contributed by atoms with Crippen LogP contribution in [-0.2, 0) is 4.79 Å². The summed E-state index contributed by atoms with van der Waals surface area (Å²) in [7, 11) is 0. The summed E-state index contributed by atoms with van der Waals surface area (Å²) in [5, 5.41) is 5.17. The Morgan fingerprint density at radius 3 is 2.38 bits per heavy atom. The molecule has 1 atom stereocenters. The maximum absolute atomic E-state index is 12.0. The van der Waals surface area contributed by atoms with Crippen molar-refractivity contribution in [1.82, 2.24) is 15.5 Å². The maximum Gasteiger partial charge on any atom is 0.322 e. The topological polar surface area (TPSA) is 61.4 Å². The fourth-order valence-corrected chi connectivity index (χ4v) is 4.02. The number of hydrogen-bond donors (Lipinski definition) is 2. The summed E-state index contributed by atoms with van der Waals surface area (Å²) >= 11 is 1.99. The molecule has 3 amide bonds. The van der Waals surface area contributed by atoms with Gasteiger partial charge in [-0.05, 0) is 38.8 Å². The number of likely N-dealkylation sites (tertiary alicyclic amines) is 1. The fraction of sp³-hybridized carbons (Fsp3) is 0.867. The Hall–Kier alpha value is -0.750. The van der Waals surface area contributed by atoms with Crippen LogP contribution in [0.1, 0.15) is 40.5 Å². The highest BCUT2D eigenvalue weighted by Crippen LogP contribution is 2.31. The van der Waals surface area contributed by atoms with Crippen molar-refractivity contribution in [3.05, 3.63) is 0 Å². The van der Waals surface area contributed by atoms with Gasteiger partial charge >= 0.3 is 6.03 Å². The Morgan fingerprint density at radius 1 is 1.29 bits per heavy atom. The van der Waals surface area contributed by atoms with Crippen LogP contribution in [-0.4, -0.2) is 52.5 Å². The molecule has 5 nitrogen and oxygen atoms in total. The van der Waals surface area contributed by atoms with Gasteiger partial charge in [-0.15, -0.1) is 0 Å². The van der Waals surface area contributed by atoms with Crippen LogP contribution in [0.15, 0.2) is 0 Å². The van der Waals surface area contributed by atoms with E-state index in [1.807, 2.05) is 18.7 Å². The molecule has 2 rings (SSSR count). The third kappa shape index (κ3) is 4.13. The first kappa shape index (κ1) is 16.6. The van der Waals surface area contributed by atoms with Crippen molar-refractivity contribution in [2.24, 2.45) is 5.92 Å². The van der Waals surface area contributed by atoms with E-state index in [0.29, 0.717) is 4.75 Å². The molecule has 0 radical (unpaired) electrons. The van der Waals surface area contributed by atoms with E-state index in [2.05, 4.69) is 36.3 Å². The van der Waals surface area contributed by atoms with E-state index in [0.717, 1.165) is 38.2 Å². The molecule has 2 heterocycles. The minimum absolute atomic E-state index is 0.172. The van der Waals surface area contributed by atoms with Gasteiger partial charge in [-0.25, -0.2) is 4.79 Å². The number of hydrogen-bond acceptors (Lipinski definition) is 4. The van der Waals surface area contributed by atoms with Gasteiger partial charge < -0.3 is 10.2 Å². The number of nitrogens with zero attached hydrogens (tertiary/aromatic N) is 1. The molecule has 0 spiro atoms. The number of carbonyl (C=O) groups excluding carboxylic acids is 2. The van der Waals surface area contributed by atoms with Crippen molar-refractivity contribution in [3.8, 4) is 0 Å². The SMILES string of the molecule is CC(C)(C)SCCN1CCC([C@]2(C)NC(=O)NC2=O)CC1. The number of thioether (sulfide) groups is 1. The van der Waals surface area contributed by atoms with Crippen molar-refractivity contribution in [2.45, 2.75) is 50.8 Å². The number of amides is 3. The van der Waals surface area contributed by atoms with Gasteiger partial charge in [0, 0.05) is 17.0 Å². The van der Waals surface area contributed by atoms with E-state index in [4.69, 9.17) is 0 Å². The lowest BCUT2D eigenvalue weighted by Gasteiger charge is -2.38. The number of carbonyl (C=O) groups is 2. The molecule has 0 unspecified atom stereocenters. The highest BCUT2D eigenvalue weighted by Gasteiger charge is 2.48. The molecule has 2 aliphatic rings. The average molecular weight is 313 g/mol. The highest BCUT2D eigenvalue weighted by atomic mass is 32.2. The molecular formula is C15H27N3O2S. The second-order valence-corrected chi connectivity index (χ2v) is 9.11. The van der Waals surface area contributed by atoms with E-state index in [1.54, 1.807) is 0 Å². The molecule has 0 aliphatic carbocycles. The minimum atomic E-state index is -0.719. The van der Waals surface area contributed by atoms with Gasteiger partial charge in [0.15, 0.2) is 0 Å². The summed E-state index contributed by atoms with van der Waals surface area (Å²) in [6.07, 6.45) is 1.93. The minimum Gasteiger partial charge on any atom is -0.323 e. The van der Waals surface area contributed by atoms with Gasteiger partial charge in [0.2, 0.25) is 0 Å². The molecule has 2 fully saturated rings. The quantitative estimate of drug-likeness (QED) is 0.777. The van der Waals surface area contributed by atoms with Crippen LogP contribution in [0, 0.1) is 5.92 Å². The molecular weight excluding hydrogens is 286 g/mol. The van der Waals surface area contributed by atoms with Crippen molar-refractivity contribution in [1.29, 1.82) is 0 Å². The normalized spacial score (nSPS) is 28.6. The van der Waals surface area contributed by atoms with Crippen LogP contribution in [0.25, 0.3) is 0 Å². The summed E-state index contributed by atoms with van der Waals surface area (Å²) in [6.45, 7) is 11.7. The highest BCUT2D eigenvalue weighted by molar-refractivity contribution is 8.00. The molecule has 0 aromatic heterocycles. The number of urea groups is 1. The molecule has 0 saturated carbocycles. The summed E-state index contributed by atoms with van der Waals surface area (Å²) in [5.74, 6) is 1.20. The van der Waals surface area contributed by atoms with E-state index < -0.39 is 5.54 Å². The van der Waals surface area contributed by atoms with Gasteiger partial charge in [0.1, 0.15) is 5.54 Å². The second-order valence-electron chi connectivity index (χ2n) is 7.19. The van der Waals surface area contributed by atoms with E-state index >= 15 is 0 Å². The zero-order valence-corrected chi connectivity index (χ0v) is 14.3. The largest absolute Gasteiger partial charge is 0.323 e. The zero-order valence-electron chi connectivity index (χ0n) is 13.5. The van der Waals surface area contributed by atoms with Gasteiger partial charge in [-0.2, -0.15) is 11.8 Å². The summed E-state index contributed by atoms with van der Waals surface area (Å²) in [4.78, 5) is 25.8.